The Morgan fingerprint density at radius 1 is 0.400 bits per heavy atom. The van der Waals surface area contributed by atoms with E-state index in [1.807, 2.05) is 0 Å². The summed E-state index contributed by atoms with van der Waals surface area (Å²) in [7, 11) is -1.81. The lowest BCUT2D eigenvalue weighted by Crippen LogP contribution is -2.75. The third-order valence-corrected chi connectivity index (χ3v) is 10.6. The quantitative estimate of drug-likeness (QED) is 0.304. The molecule has 0 bridgehead atoms. The topological polar surface area (TPSA) is 9.72 Å². The van der Waals surface area contributed by atoms with Gasteiger partial charge < -0.3 is 0 Å². The molecule has 4 heteroatoms. The molecule has 0 saturated carbocycles. The van der Waals surface area contributed by atoms with Crippen molar-refractivity contribution in [2.75, 3.05) is 39.3 Å². The first kappa shape index (κ1) is 25.1. The van der Waals surface area contributed by atoms with Crippen LogP contribution in [0.15, 0.2) is 0 Å². The van der Waals surface area contributed by atoms with Gasteiger partial charge in [-0.1, -0.05) is 54.9 Å². The second kappa shape index (κ2) is 15.2. The second-order valence-corrected chi connectivity index (χ2v) is 11.4. The van der Waals surface area contributed by atoms with Gasteiger partial charge in [0.15, 0.2) is 0 Å². The lowest BCUT2D eigenvalue weighted by Gasteiger charge is -2.54. The molecule has 0 N–H and O–H groups in total. The van der Waals surface area contributed by atoms with Gasteiger partial charge in [-0.3, -0.25) is 13.7 Å². The first-order valence-electron chi connectivity index (χ1n) is 11.4. The van der Waals surface area contributed by atoms with E-state index in [2.05, 4.69) is 62.2 Å². The number of hydrogen-bond donors (Lipinski definition) is 0. The zero-order chi connectivity index (χ0) is 19.1. The predicted octanol–water partition coefficient (Wildman–Crippen LogP) is 5.70. The molecule has 0 aromatic heterocycles. The molecule has 0 atom stereocenters. The van der Waals surface area contributed by atoms with Crippen LogP contribution in [0.4, 0.5) is 0 Å². The zero-order valence-electron chi connectivity index (χ0n) is 18.7. The van der Waals surface area contributed by atoms with Gasteiger partial charge in [0.1, 0.15) is 0 Å². The van der Waals surface area contributed by atoms with Crippen molar-refractivity contribution in [3.05, 3.63) is 0 Å². The number of rotatable bonds is 17. The van der Waals surface area contributed by atoms with Gasteiger partial charge in [0, 0.05) is 0 Å². The standard InChI is InChI=1S/C21H49N3Si/c1-8-15-22(16-9-2)25(21-14-7,23(17-10-3)18-11-4)24(19-12-5)20-13-6/h8-21H2,1-7H3. The van der Waals surface area contributed by atoms with E-state index in [-0.39, 0.29) is 0 Å². The van der Waals surface area contributed by atoms with Crippen LogP contribution in [0.25, 0.3) is 0 Å². The van der Waals surface area contributed by atoms with Gasteiger partial charge in [-0.2, -0.15) is 0 Å². The smallest absolute Gasteiger partial charge is 0.289 e. The molecule has 0 fully saturated rings. The van der Waals surface area contributed by atoms with Crippen molar-refractivity contribution in [3.8, 4) is 0 Å². The third-order valence-electron chi connectivity index (χ3n) is 5.07. The van der Waals surface area contributed by atoms with Crippen LogP contribution in [0.2, 0.25) is 6.04 Å². The van der Waals surface area contributed by atoms with E-state index in [1.54, 1.807) is 0 Å². The normalized spacial score (nSPS) is 12.7. The van der Waals surface area contributed by atoms with Gasteiger partial charge in [0.25, 0.3) is 8.56 Å². The molecule has 0 heterocycles. The SMILES string of the molecule is CCCN(CCC)[Si](CCC)(N(CCC)CCC)N(CCC)CCC. The highest BCUT2D eigenvalue weighted by molar-refractivity contribution is 6.71. The minimum Gasteiger partial charge on any atom is -0.299 e. The highest BCUT2D eigenvalue weighted by atomic mass is 28.4. The molecule has 152 valence electrons. The van der Waals surface area contributed by atoms with E-state index in [4.69, 9.17) is 0 Å². The van der Waals surface area contributed by atoms with Crippen molar-refractivity contribution in [2.45, 2.75) is 99.5 Å². The van der Waals surface area contributed by atoms with Crippen LogP contribution in [0.1, 0.15) is 93.4 Å². The molecule has 0 rings (SSSR count). The van der Waals surface area contributed by atoms with Crippen molar-refractivity contribution in [1.82, 2.24) is 13.7 Å². The molecule has 0 unspecified atom stereocenters. The van der Waals surface area contributed by atoms with E-state index < -0.39 is 8.56 Å². The first-order valence-corrected chi connectivity index (χ1v) is 13.4. The fourth-order valence-corrected chi connectivity index (χ4v) is 10.7. The summed E-state index contributed by atoms with van der Waals surface area (Å²) >= 11 is 0. The maximum absolute atomic E-state index is 2.98. The van der Waals surface area contributed by atoms with Crippen LogP contribution in [-0.2, 0) is 0 Å². The summed E-state index contributed by atoms with van der Waals surface area (Å²) in [6.07, 6.45) is 8.96. The first-order chi connectivity index (χ1) is 12.1. The Morgan fingerprint density at radius 3 is 0.800 bits per heavy atom. The molecule has 0 aliphatic carbocycles. The Bertz CT molecular complexity index is 240. The number of nitrogens with zero attached hydrogens (tertiary/aromatic N) is 3. The average Bonchev–Trinajstić information content (AvgIpc) is 2.59. The van der Waals surface area contributed by atoms with Gasteiger partial charge in [0.2, 0.25) is 0 Å². The van der Waals surface area contributed by atoms with Crippen molar-refractivity contribution in [2.24, 2.45) is 0 Å². The van der Waals surface area contributed by atoms with Gasteiger partial charge in [-0.05, 0) is 83.8 Å². The lowest BCUT2D eigenvalue weighted by molar-refractivity contribution is 0.230. The van der Waals surface area contributed by atoms with Crippen molar-refractivity contribution >= 4 is 8.56 Å². The maximum Gasteiger partial charge on any atom is 0.289 e. The molecular formula is C21H49N3Si. The van der Waals surface area contributed by atoms with Crippen LogP contribution < -0.4 is 0 Å². The molecule has 25 heavy (non-hydrogen) atoms. The van der Waals surface area contributed by atoms with Crippen LogP contribution in [0.3, 0.4) is 0 Å². The number of hydrogen-bond acceptors (Lipinski definition) is 3. The van der Waals surface area contributed by atoms with Crippen LogP contribution in [0.5, 0.6) is 0 Å². The molecule has 0 aromatic rings. The molecule has 0 radical (unpaired) electrons. The largest absolute Gasteiger partial charge is 0.299 e. The third kappa shape index (κ3) is 7.32. The maximum atomic E-state index is 2.98. The summed E-state index contributed by atoms with van der Waals surface area (Å²) in [5.41, 5.74) is 0. The monoisotopic (exact) mass is 371 g/mol. The minimum atomic E-state index is -1.81. The highest BCUT2D eigenvalue weighted by Crippen LogP contribution is 2.29. The summed E-state index contributed by atoms with van der Waals surface area (Å²) in [5, 5.41) is 0. The molecule has 0 spiro atoms. The molecular weight excluding hydrogens is 322 g/mol. The highest BCUT2D eigenvalue weighted by Gasteiger charge is 2.48. The van der Waals surface area contributed by atoms with E-state index in [9.17, 15) is 0 Å². The Hall–Kier alpha value is 0.0969. The Labute approximate surface area is 161 Å². The van der Waals surface area contributed by atoms with E-state index in [1.165, 1.54) is 90.3 Å². The van der Waals surface area contributed by atoms with Crippen molar-refractivity contribution in [3.63, 3.8) is 0 Å². The van der Waals surface area contributed by atoms with Crippen molar-refractivity contribution < 1.29 is 0 Å². The average molecular weight is 372 g/mol. The van der Waals surface area contributed by atoms with Crippen LogP contribution in [0, 0.1) is 0 Å². The van der Waals surface area contributed by atoms with Gasteiger partial charge in [0.05, 0.1) is 0 Å². The Morgan fingerprint density at radius 2 is 0.640 bits per heavy atom. The van der Waals surface area contributed by atoms with E-state index in [0.29, 0.717) is 0 Å². The summed E-state index contributed by atoms with van der Waals surface area (Å²) in [6.45, 7) is 24.2. The summed E-state index contributed by atoms with van der Waals surface area (Å²) in [5.74, 6) is 0. The van der Waals surface area contributed by atoms with Gasteiger partial charge in [-0.25, -0.2) is 0 Å². The molecule has 0 aliphatic rings. The van der Waals surface area contributed by atoms with Gasteiger partial charge >= 0.3 is 0 Å². The Kier molecular flexibility index (Phi) is 15.2. The zero-order valence-corrected chi connectivity index (χ0v) is 19.7. The van der Waals surface area contributed by atoms with Crippen LogP contribution in [-0.4, -0.2) is 61.5 Å². The molecule has 0 amide bonds. The summed E-state index contributed by atoms with van der Waals surface area (Å²) < 4.78 is 8.94. The minimum absolute atomic E-state index is 1.27. The molecule has 0 saturated heterocycles. The van der Waals surface area contributed by atoms with E-state index in [0.717, 1.165) is 0 Å². The fourth-order valence-electron chi connectivity index (χ4n) is 4.44. The molecule has 0 aromatic carbocycles. The fraction of sp³-hybridized carbons (Fsp3) is 1.00. The summed E-state index contributed by atoms with van der Waals surface area (Å²) in [4.78, 5) is 0. The van der Waals surface area contributed by atoms with Crippen molar-refractivity contribution in [1.29, 1.82) is 0 Å². The predicted molar refractivity (Wildman–Crippen MR) is 117 cm³/mol. The lowest BCUT2D eigenvalue weighted by atomic mass is 10.4. The molecule has 0 aliphatic heterocycles. The summed E-state index contributed by atoms with van der Waals surface area (Å²) in [6, 6.07) is 1.40. The van der Waals surface area contributed by atoms with Gasteiger partial charge in [-0.15, -0.1) is 0 Å². The van der Waals surface area contributed by atoms with E-state index >= 15 is 0 Å². The Balaban J connectivity index is 6.15. The van der Waals surface area contributed by atoms with Crippen LogP contribution >= 0.6 is 0 Å². The second-order valence-electron chi connectivity index (χ2n) is 7.49. The molecule has 3 nitrogen and oxygen atoms in total.